The number of carbonyl (C=O) groups is 1. The molecule has 1 aliphatic rings. The summed E-state index contributed by atoms with van der Waals surface area (Å²) in [5.41, 5.74) is 4.37. The Morgan fingerprint density at radius 3 is 2.64 bits per heavy atom. The second-order valence-corrected chi connectivity index (χ2v) is 7.86. The van der Waals surface area contributed by atoms with Crippen LogP contribution in [-0.4, -0.2) is 46.1 Å². The number of rotatable bonds is 6. The van der Waals surface area contributed by atoms with Crippen LogP contribution < -0.4 is 15.0 Å². The molecule has 1 aromatic carbocycles. The first-order chi connectivity index (χ1) is 15.3. The molecule has 0 radical (unpaired) electrons. The highest BCUT2D eigenvalue weighted by Gasteiger charge is 2.28. The first-order valence-electron chi connectivity index (χ1n) is 10.2. The van der Waals surface area contributed by atoms with Crippen LogP contribution in [0.1, 0.15) is 29.6 Å². The molecule has 0 saturated carbocycles. The fourth-order valence-electron chi connectivity index (χ4n) is 3.81. The molecular formula is C22H26F2N6O2S. The highest BCUT2D eigenvalue weighted by Crippen LogP contribution is 2.33. The van der Waals surface area contributed by atoms with Crippen LogP contribution in [0.4, 0.5) is 20.2 Å². The van der Waals surface area contributed by atoms with E-state index in [0.29, 0.717) is 18.4 Å². The van der Waals surface area contributed by atoms with Gasteiger partial charge in [0.15, 0.2) is 11.6 Å². The fraction of sp³-hybridized carbons (Fsp3) is 0.364. The van der Waals surface area contributed by atoms with Crippen molar-refractivity contribution in [2.24, 2.45) is 0 Å². The molecule has 0 spiro atoms. The monoisotopic (exact) mass is 476 g/mol. The lowest BCUT2D eigenvalue weighted by Crippen LogP contribution is -2.44. The number of hydrogen-bond donors (Lipinski definition) is 1. The molecule has 0 unspecified atom stereocenters. The molecule has 2 aromatic heterocycles. The van der Waals surface area contributed by atoms with Crippen molar-refractivity contribution in [2.45, 2.75) is 39.3 Å². The number of fused-ring (bicyclic) bond motifs is 1. The number of ether oxygens (including phenoxy) is 1. The van der Waals surface area contributed by atoms with Gasteiger partial charge in [-0.1, -0.05) is 5.21 Å². The molecule has 0 aliphatic carbocycles. The van der Waals surface area contributed by atoms with Gasteiger partial charge in [0.05, 0.1) is 36.4 Å². The van der Waals surface area contributed by atoms with Crippen molar-refractivity contribution in [2.75, 3.05) is 24.4 Å². The van der Waals surface area contributed by atoms with E-state index in [4.69, 9.17) is 4.74 Å². The van der Waals surface area contributed by atoms with Crippen molar-refractivity contribution in [1.29, 1.82) is 0 Å². The largest absolute Gasteiger partial charge is 0.493 e. The Labute approximate surface area is 197 Å². The number of carbonyl (C=O) groups excluding carboxylic acids is 1. The topological polar surface area (TPSA) is 85.2 Å². The van der Waals surface area contributed by atoms with E-state index in [1.807, 2.05) is 31.9 Å². The van der Waals surface area contributed by atoms with Gasteiger partial charge in [-0.3, -0.25) is 9.78 Å². The summed E-state index contributed by atoms with van der Waals surface area (Å²) in [4.78, 5) is 18.6. The molecule has 1 aliphatic heterocycles. The lowest BCUT2D eigenvalue weighted by Gasteiger charge is -2.34. The van der Waals surface area contributed by atoms with Gasteiger partial charge in [-0.25, -0.2) is 13.5 Å². The summed E-state index contributed by atoms with van der Waals surface area (Å²) in [6.45, 7) is 3.85. The Kier molecular flexibility index (Phi) is 7.21. The van der Waals surface area contributed by atoms with Crippen molar-refractivity contribution >= 4 is 30.8 Å². The van der Waals surface area contributed by atoms with Gasteiger partial charge in [-0.2, -0.15) is 13.5 Å². The molecule has 11 heteroatoms. The van der Waals surface area contributed by atoms with Crippen molar-refractivity contribution in [1.82, 2.24) is 20.0 Å². The van der Waals surface area contributed by atoms with E-state index in [0.717, 1.165) is 34.5 Å². The zero-order valence-corrected chi connectivity index (χ0v) is 19.8. The van der Waals surface area contributed by atoms with Crippen LogP contribution in [0.15, 0.2) is 24.4 Å². The minimum Gasteiger partial charge on any atom is -0.493 e. The van der Waals surface area contributed by atoms with E-state index in [1.54, 1.807) is 6.20 Å². The number of amides is 1. The standard InChI is InChI=1S/C22H24F2N6O2.H2S/c1-12-20-19(29(3)13(2)22(31)26-20)9-16(25-12)5-6-17-11-30(28-27-17)10-14-7-15(23)8-18(24)21(14)32-4;/h7-9,11,13H,5-6,10H2,1-4H3,(H,26,31);1H2/t13-;/m0./s1. The summed E-state index contributed by atoms with van der Waals surface area (Å²) in [6.07, 6.45) is 2.95. The third-order valence-electron chi connectivity index (χ3n) is 5.67. The van der Waals surface area contributed by atoms with Crippen LogP contribution in [0.5, 0.6) is 5.75 Å². The van der Waals surface area contributed by atoms with Gasteiger partial charge in [0, 0.05) is 30.6 Å². The highest BCUT2D eigenvalue weighted by atomic mass is 32.1. The number of aryl methyl sites for hydroxylation is 3. The number of methoxy groups -OCH3 is 1. The summed E-state index contributed by atoms with van der Waals surface area (Å²) in [6, 6.07) is 3.72. The molecule has 4 rings (SSSR count). The minimum absolute atomic E-state index is 0. The van der Waals surface area contributed by atoms with E-state index in [-0.39, 0.29) is 37.7 Å². The Morgan fingerprint density at radius 1 is 1.18 bits per heavy atom. The highest BCUT2D eigenvalue weighted by molar-refractivity contribution is 7.59. The first-order valence-corrected chi connectivity index (χ1v) is 10.2. The molecule has 1 N–H and O–H groups in total. The van der Waals surface area contributed by atoms with Crippen LogP contribution in [0.3, 0.4) is 0 Å². The summed E-state index contributed by atoms with van der Waals surface area (Å²) < 4.78 is 34.1. The van der Waals surface area contributed by atoms with Gasteiger partial charge in [0.1, 0.15) is 11.9 Å². The van der Waals surface area contributed by atoms with Gasteiger partial charge >= 0.3 is 0 Å². The predicted octanol–water partition coefficient (Wildman–Crippen LogP) is 2.99. The van der Waals surface area contributed by atoms with Crippen molar-refractivity contribution in [3.05, 3.63) is 58.7 Å². The van der Waals surface area contributed by atoms with Crippen LogP contribution in [0, 0.1) is 18.6 Å². The SMILES string of the molecule is COc1c(F)cc(F)cc1Cn1cc(CCc2cc3c(c(C)n2)NC(=O)[C@H](C)N3C)nn1.S. The zero-order chi connectivity index (χ0) is 23.0. The Bertz CT molecular complexity index is 1190. The summed E-state index contributed by atoms with van der Waals surface area (Å²) in [7, 11) is 3.23. The molecular weight excluding hydrogens is 450 g/mol. The molecule has 3 aromatic rings. The van der Waals surface area contributed by atoms with Crippen LogP contribution in [0.25, 0.3) is 0 Å². The Hall–Kier alpha value is -3.21. The maximum Gasteiger partial charge on any atom is 0.246 e. The van der Waals surface area contributed by atoms with Gasteiger partial charge < -0.3 is 15.0 Å². The number of halogens is 2. The molecule has 1 atom stereocenters. The molecule has 0 fully saturated rings. The van der Waals surface area contributed by atoms with Gasteiger partial charge in [-0.15, -0.1) is 5.10 Å². The Morgan fingerprint density at radius 2 is 1.91 bits per heavy atom. The molecule has 3 heterocycles. The van der Waals surface area contributed by atoms with E-state index < -0.39 is 11.6 Å². The molecule has 8 nitrogen and oxygen atoms in total. The number of anilines is 2. The van der Waals surface area contributed by atoms with Crippen molar-refractivity contribution in [3.63, 3.8) is 0 Å². The van der Waals surface area contributed by atoms with E-state index in [2.05, 4.69) is 20.6 Å². The second kappa shape index (κ2) is 9.74. The minimum atomic E-state index is -0.757. The van der Waals surface area contributed by atoms with Crippen LogP contribution in [0.2, 0.25) is 0 Å². The zero-order valence-electron chi connectivity index (χ0n) is 18.8. The maximum atomic E-state index is 13.9. The number of hydrogen-bond acceptors (Lipinski definition) is 6. The molecule has 33 heavy (non-hydrogen) atoms. The van der Waals surface area contributed by atoms with Gasteiger partial charge in [0.2, 0.25) is 5.91 Å². The predicted molar refractivity (Wildman–Crippen MR) is 125 cm³/mol. The van der Waals surface area contributed by atoms with Crippen molar-refractivity contribution in [3.8, 4) is 5.75 Å². The van der Waals surface area contributed by atoms with E-state index in [9.17, 15) is 13.6 Å². The van der Waals surface area contributed by atoms with Crippen molar-refractivity contribution < 1.29 is 18.3 Å². The fourth-order valence-corrected chi connectivity index (χ4v) is 3.81. The van der Waals surface area contributed by atoms with Crippen LogP contribution in [-0.2, 0) is 24.2 Å². The molecule has 1 amide bonds. The third kappa shape index (κ3) is 4.92. The number of benzene rings is 1. The number of nitrogens with zero attached hydrogens (tertiary/aromatic N) is 5. The van der Waals surface area contributed by atoms with Crippen LogP contribution >= 0.6 is 13.5 Å². The van der Waals surface area contributed by atoms with E-state index in [1.165, 1.54) is 17.9 Å². The second-order valence-electron chi connectivity index (χ2n) is 7.86. The number of likely N-dealkylation sites (N-methyl/N-ethyl adjacent to an activating group) is 1. The number of pyridine rings is 1. The lowest BCUT2D eigenvalue weighted by molar-refractivity contribution is -0.117. The summed E-state index contributed by atoms with van der Waals surface area (Å²) >= 11 is 0. The Balaban J connectivity index is 0.00000306. The average molecular weight is 477 g/mol. The number of nitrogens with one attached hydrogen (secondary N) is 1. The smallest absolute Gasteiger partial charge is 0.246 e. The molecule has 176 valence electrons. The maximum absolute atomic E-state index is 13.9. The molecule has 0 bridgehead atoms. The van der Waals surface area contributed by atoms with Gasteiger partial charge in [-0.05, 0) is 38.8 Å². The third-order valence-corrected chi connectivity index (χ3v) is 5.67. The average Bonchev–Trinajstić information content (AvgIpc) is 3.18. The first kappa shape index (κ1) is 24.4. The number of aromatic nitrogens is 4. The molecule has 0 saturated heterocycles. The van der Waals surface area contributed by atoms with Gasteiger partial charge in [0.25, 0.3) is 0 Å². The quantitative estimate of drug-likeness (QED) is 0.589. The summed E-state index contributed by atoms with van der Waals surface area (Å²) in [5.74, 6) is -1.50. The van der Waals surface area contributed by atoms with E-state index >= 15 is 0 Å². The summed E-state index contributed by atoms with van der Waals surface area (Å²) in [5, 5.41) is 11.2. The normalized spacial score (nSPS) is 15.0. The lowest BCUT2D eigenvalue weighted by atomic mass is 10.1.